The Labute approximate surface area is 286 Å². The average molecular weight is 628 g/mol. The summed E-state index contributed by atoms with van der Waals surface area (Å²) in [6, 6.07) is 55.8. The van der Waals surface area contributed by atoms with Gasteiger partial charge in [-0.15, -0.1) is 0 Å². The highest BCUT2D eigenvalue weighted by atomic mass is 14.9. The molecule has 0 spiro atoms. The number of nitrogens with zero attached hydrogens (tertiary/aromatic N) is 3. The van der Waals surface area contributed by atoms with E-state index in [1.165, 1.54) is 44.2 Å². The summed E-state index contributed by atoms with van der Waals surface area (Å²) < 4.78 is 0. The number of fused-ring (bicyclic) bond motifs is 5. The van der Waals surface area contributed by atoms with Crippen LogP contribution in [0.1, 0.15) is 25.0 Å². The smallest absolute Gasteiger partial charge is 0.160 e. The third kappa shape index (κ3) is 5.03. The first-order valence-corrected chi connectivity index (χ1v) is 16.8. The molecular weight excluding hydrogens is 595 g/mol. The highest BCUT2D eigenvalue weighted by Gasteiger charge is 2.36. The van der Waals surface area contributed by atoms with Gasteiger partial charge in [-0.2, -0.15) is 0 Å². The Kier molecular flexibility index (Phi) is 6.80. The topological polar surface area (TPSA) is 38.7 Å². The van der Waals surface area contributed by atoms with Gasteiger partial charge in [-0.25, -0.2) is 9.97 Å². The van der Waals surface area contributed by atoms with Gasteiger partial charge in [0.15, 0.2) is 5.82 Å². The molecule has 0 radical (unpaired) electrons. The van der Waals surface area contributed by atoms with Crippen molar-refractivity contribution in [3.05, 3.63) is 175 Å². The largest absolute Gasteiger partial charge is 0.256 e. The second-order valence-electron chi connectivity index (χ2n) is 13.3. The van der Waals surface area contributed by atoms with E-state index in [1.54, 1.807) is 0 Å². The zero-order valence-electron chi connectivity index (χ0n) is 27.4. The zero-order valence-corrected chi connectivity index (χ0v) is 27.4. The van der Waals surface area contributed by atoms with Gasteiger partial charge in [-0.05, 0) is 68.4 Å². The molecule has 0 fully saturated rings. The molecule has 0 bridgehead atoms. The standard InChI is InChI=1S/C46H33N3/c1-46(2)39-25-24-36(28-38(39)44-37-13-7-6-10-31(37)23-26-40(44)46)30-15-17-34(18-16-30)43-29-42(32-11-4-3-5-12-32)48-45(49-43)35-21-19-33(20-22-35)41-14-8-9-27-47-41/h3-29H,1-2H3. The van der Waals surface area contributed by atoms with Crippen molar-refractivity contribution in [2.24, 2.45) is 0 Å². The Morgan fingerprint density at radius 2 is 1.02 bits per heavy atom. The molecule has 232 valence electrons. The molecule has 2 aromatic heterocycles. The number of aromatic nitrogens is 3. The molecule has 8 aromatic rings. The minimum absolute atomic E-state index is 0.0446. The van der Waals surface area contributed by atoms with Crippen molar-refractivity contribution < 1.29 is 0 Å². The summed E-state index contributed by atoms with van der Waals surface area (Å²) in [5, 5.41) is 2.60. The Morgan fingerprint density at radius 3 is 1.76 bits per heavy atom. The monoisotopic (exact) mass is 627 g/mol. The zero-order chi connectivity index (χ0) is 33.0. The van der Waals surface area contributed by atoms with Gasteiger partial charge in [-0.3, -0.25) is 4.98 Å². The molecule has 0 aliphatic heterocycles. The number of hydrogen-bond acceptors (Lipinski definition) is 3. The summed E-state index contributed by atoms with van der Waals surface area (Å²) >= 11 is 0. The molecule has 3 nitrogen and oxygen atoms in total. The molecule has 0 unspecified atom stereocenters. The molecule has 0 saturated heterocycles. The summed E-state index contributed by atoms with van der Waals surface area (Å²) in [5.74, 6) is 0.695. The fraction of sp³-hybridized carbons (Fsp3) is 0.0652. The number of hydrogen-bond donors (Lipinski definition) is 0. The van der Waals surface area contributed by atoms with E-state index in [0.717, 1.165) is 39.3 Å². The van der Waals surface area contributed by atoms with E-state index in [-0.39, 0.29) is 5.41 Å². The molecule has 3 heteroatoms. The van der Waals surface area contributed by atoms with Gasteiger partial charge in [0, 0.05) is 33.9 Å². The van der Waals surface area contributed by atoms with Crippen molar-refractivity contribution in [1.29, 1.82) is 0 Å². The van der Waals surface area contributed by atoms with E-state index < -0.39 is 0 Å². The summed E-state index contributed by atoms with van der Waals surface area (Å²) in [6.07, 6.45) is 1.82. The highest BCUT2D eigenvalue weighted by Crippen LogP contribution is 2.52. The van der Waals surface area contributed by atoms with Crippen molar-refractivity contribution >= 4 is 10.8 Å². The summed E-state index contributed by atoms with van der Waals surface area (Å²) in [5.41, 5.74) is 14.7. The number of rotatable bonds is 5. The predicted octanol–water partition coefficient (Wildman–Crippen LogP) is 11.7. The van der Waals surface area contributed by atoms with Gasteiger partial charge in [0.05, 0.1) is 17.1 Å². The fourth-order valence-electron chi connectivity index (χ4n) is 7.34. The molecule has 6 aromatic carbocycles. The lowest BCUT2D eigenvalue weighted by atomic mass is 9.82. The van der Waals surface area contributed by atoms with Gasteiger partial charge in [0.25, 0.3) is 0 Å². The van der Waals surface area contributed by atoms with Crippen molar-refractivity contribution in [2.75, 3.05) is 0 Å². The summed E-state index contributed by atoms with van der Waals surface area (Å²) in [7, 11) is 0. The van der Waals surface area contributed by atoms with Crippen LogP contribution in [0.4, 0.5) is 0 Å². The maximum Gasteiger partial charge on any atom is 0.160 e. The van der Waals surface area contributed by atoms with Crippen LogP contribution in [-0.2, 0) is 5.41 Å². The molecule has 1 aliphatic carbocycles. The van der Waals surface area contributed by atoms with E-state index >= 15 is 0 Å². The van der Waals surface area contributed by atoms with Crippen LogP contribution >= 0.6 is 0 Å². The van der Waals surface area contributed by atoms with Gasteiger partial charge >= 0.3 is 0 Å². The third-order valence-corrected chi connectivity index (χ3v) is 9.98. The van der Waals surface area contributed by atoms with Crippen molar-refractivity contribution in [1.82, 2.24) is 15.0 Å². The maximum absolute atomic E-state index is 5.09. The number of benzene rings is 6. The number of pyridine rings is 1. The van der Waals surface area contributed by atoms with Gasteiger partial charge in [0.2, 0.25) is 0 Å². The Morgan fingerprint density at radius 1 is 0.429 bits per heavy atom. The first-order chi connectivity index (χ1) is 24.0. The van der Waals surface area contributed by atoms with Gasteiger partial charge < -0.3 is 0 Å². The second kappa shape index (κ2) is 11.5. The van der Waals surface area contributed by atoms with Crippen LogP contribution in [0.15, 0.2) is 164 Å². The van der Waals surface area contributed by atoms with Crippen LogP contribution in [0, 0.1) is 0 Å². The molecule has 2 heterocycles. The highest BCUT2D eigenvalue weighted by molar-refractivity contribution is 6.03. The maximum atomic E-state index is 5.09. The normalized spacial score (nSPS) is 12.9. The van der Waals surface area contributed by atoms with Crippen molar-refractivity contribution in [2.45, 2.75) is 19.3 Å². The quantitative estimate of drug-likeness (QED) is 0.191. The van der Waals surface area contributed by atoms with Crippen LogP contribution in [-0.4, -0.2) is 15.0 Å². The molecule has 0 saturated carbocycles. The van der Waals surface area contributed by atoms with Gasteiger partial charge in [-0.1, -0.05) is 147 Å². The van der Waals surface area contributed by atoms with Crippen LogP contribution in [0.25, 0.3) is 78.2 Å². The predicted molar refractivity (Wildman–Crippen MR) is 202 cm³/mol. The first kappa shape index (κ1) is 29.0. The first-order valence-electron chi connectivity index (χ1n) is 16.8. The van der Waals surface area contributed by atoms with Gasteiger partial charge in [0.1, 0.15) is 0 Å². The fourth-order valence-corrected chi connectivity index (χ4v) is 7.34. The average Bonchev–Trinajstić information content (AvgIpc) is 3.41. The lowest BCUT2D eigenvalue weighted by Crippen LogP contribution is -2.14. The lowest BCUT2D eigenvalue weighted by Gasteiger charge is -2.21. The molecule has 0 atom stereocenters. The van der Waals surface area contributed by atoms with Crippen LogP contribution < -0.4 is 0 Å². The van der Waals surface area contributed by atoms with Crippen LogP contribution in [0.2, 0.25) is 0 Å². The SMILES string of the molecule is CC1(C)c2ccc(-c3ccc(-c4cc(-c5ccccc5)nc(-c5ccc(-c6ccccn6)cc5)n4)cc3)cc2-c2c1ccc1ccccc21. The van der Waals surface area contributed by atoms with Crippen molar-refractivity contribution in [3.8, 4) is 67.4 Å². The molecule has 0 amide bonds. The third-order valence-electron chi connectivity index (χ3n) is 9.98. The molecule has 9 rings (SSSR count). The molecule has 1 aliphatic rings. The molecular formula is C46H33N3. The van der Waals surface area contributed by atoms with Crippen molar-refractivity contribution in [3.63, 3.8) is 0 Å². The Balaban J connectivity index is 1.10. The minimum Gasteiger partial charge on any atom is -0.256 e. The Bertz CT molecular complexity index is 2480. The summed E-state index contributed by atoms with van der Waals surface area (Å²) in [4.78, 5) is 14.6. The molecule has 0 N–H and O–H groups in total. The van der Waals surface area contributed by atoms with E-state index in [1.807, 2.05) is 42.6 Å². The van der Waals surface area contributed by atoms with E-state index in [9.17, 15) is 0 Å². The second-order valence-corrected chi connectivity index (χ2v) is 13.3. The minimum atomic E-state index is -0.0446. The lowest BCUT2D eigenvalue weighted by molar-refractivity contribution is 0.661. The summed E-state index contributed by atoms with van der Waals surface area (Å²) in [6.45, 7) is 4.69. The van der Waals surface area contributed by atoms with E-state index in [2.05, 4.69) is 140 Å². The van der Waals surface area contributed by atoms with Crippen LogP contribution in [0.3, 0.4) is 0 Å². The molecule has 49 heavy (non-hydrogen) atoms. The van der Waals surface area contributed by atoms with E-state index in [4.69, 9.17) is 9.97 Å². The Hall–Kier alpha value is -6.19. The van der Waals surface area contributed by atoms with Crippen LogP contribution in [0.5, 0.6) is 0 Å². The van der Waals surface area contributed by atoms with E-state index in [0.29, 0.717) is 5.82 Å².